The van der Waals surface area contributed by atoms with Crippen molar-refractivity contribution < 1.29 is 19.6 Å². The fraction of sp³-hybridized carbons (Fsp3) is 0.350. The van der Waals surface area contributed by atoms with Gasteiger partial charge in [0.2, 0.25) is 12.3 Å². The summed E-state index contributed by atoms with van der Waals surface area (Å²) in [6, 6.07) is 10.8. The van der Waals surface area contributed by atoms with Crippen molar-refractivity contribution in [2.75, 3.05) is 6.54 Å². The zero-order chi connectivity index (χ0) is 20.4. The van der Waals surface area contributed by atoms with E-state index < -0.39 is 17.7 Å². The second-order valence-electron chi connectivity index (χ2n) is 6.50. The molecule has 1 aromatic carbocycles. The van der Waals surface area contributed by atoms with Crippen molar-refractivity contribution in [2.24, 2.45) is 5.92 Å². The highest BCUT2D eigenvalue weighted by Gasteiger charge is 2.21. The van der Waals surface area contributed by atoms with Crippen LogP contribution in [-0.4, -0.2) is 39.6 Å². The molecule has 0 unspecified atom stereocenters. The fourth-order valence-electron chi connectivity index (χ4n) is 2.80. The maximum atomic E-state index is 12.4. The molecule has 0 fully saturated rings. The monoisotopic (exact) mass is 386 g/mol. The lowest BCUT2D eigenvalue weighted by molar-refractivity contribution is -0.154. The van der Waals surface area contributed by atoms with E-state index in [1.807, 2.05) is 36.0 Å². The molecule has 1 atom stereocenters. The molecule has 150 valence electrons. The van der Waals surface area contributed by atoms with Crippen molar-refractivity contribution in [3.63, 3.8) is 0 Å². The summed E-state index contributed by atoms with van der Waals surface area (Å²) in [4.78, 5) is 35.2. The Hall–Kier alpha value is -3.13. The van der Waals surface area contributed by atoms with E-state index in [9.17, 15) is 19.6 Å². The number of hydroxylamine groups is 2. The first-order valence-corrected chi connectivity index (χ1v) is 9.29. The van der Waals surface area contributed by atoms with E-state index in [0.29, 0.717) is 17.0 Å². The van der Waals surface area contributed by atoms with Gasteiger partial charge >= 0.3 is 0 Å². The molecule has 1 aromatic heterocycles. The molecule has 8 heteroatoms. The largest absolute Gasteiger partial charge is 0.324 e. The number of amides is 3. The molecule has 2 aromatic rings. The number of carbonyl (C=O) groups is 3. The van der Waals surface area contributed by atoms with E-state index in [0.717, 1.165) is 24.9 Å². The number of aromatic nitrogens is 1. The summed E-state index contributed by atoms with van der Waals surface area (Å²) in [6.45, 7) is 1.92. The van der Waals surface area contributed by atoms with Gasteiger partial charge in [-0.05, 0) is 42.8 Å². The van der Waals surface area contributed by atoms with Crippen LogP contribution in [0.1, 0.15) is 43.0 Å². The van der Waals surface area contributed by atoms with E-state index in [2.05, 4.69) is 10.9 Å². The minimum atomic E-state index is -0.613. The first-order chi connectivity index (χ1) is 13.5. The Bertz CT molecular complexity index is 759. The molecule has 3 N–H and O–H groups in total. The Morgan fingerprint density at radius 1 is 1.14 bits per heavy atom. The zero-order valence-electron chi connectivity index (χ0n) is 15.9. The van der Waals surface area contributed by atoms with Gasteiger partial charge in [-0.3, -0.25) is 30.4 Å². The van der Waals surface area contributed by atoms with Gasteiger partial charge in [0.25, 0.3) is 5.91 Å². The van der Waals surface area contributed by atoms with E-state index >= 15 is 0 Å². The minimum absolute atomic E-state index is 0.125. The Labute approximate surface area is 164 Å². The van der Waals surface area contributed by atoms with Gasteiger partial charge in [0.1, 0.15) is 0 Å². The van der Waals surface area contributed by atoms with Gasteiger partial charge in [-0.2, -0.15) is 0 Å². The van der Waals surface area contributed by atoms with Crippen LogP contribution in [0.25, 0.3) is 5.69 Å². The van der Waals surface area contributed by atoms with Crippen LogP contribution in [0.4, 0.5) is 0 Å². The quantitative estimate of drug-likeness (QED) is 0.252. The molecule has 0 aliphatic rings. The molecule has 0 saturated heterocycles. The predicted octanol–water partition coefficient (Wildman–Crippen LogP) is 2.28. The molecule has 0 aliphatic heterocycles. The third-order valence-electron chi connectivity index (χ3n) is 4.39. The maximum Gasteiger partial charge on any atom is 0.269 e. The van der Waals surface area contributed by atoms with Crippen LogP contribution in [0.15, 0.2) is 48.8 Å². The Morgan fingerprint density at radius 3 is 2.43 bits per heavy atom. The summed E-state index contributed by atoms with van der Waals surface area (Å²) < 4.78 is 1.91. The second-order valence-corrected chi connectivity index (χ2v) is 6.50. The Morgan fingerprint density at radius 2 is 1.82 bits per heavy atom. The molecule has 0 bridgehead atoms. The second kappa shape index (κ2) is 10.9. The molecule has 8 nitrogen and oxygen atoms in total. The van der Waals surface area contributed by atoms with Crippen molar-refractivity contribution >= 4 is 18.2 Å². The average molecular weight is 386 g/mol. The molecule has 0 spiro atoms. The molecule has 0 saturated carbocycles. The molecule has 1 heterocycles. The lowest BCUT2D eigenvalue weighted by Crippen LogP contribution is -2.46. The third-order valence-corrected chi connectivity index (χ3v) is 4.39. The normalized spacial score (nSPS) is 11.5. The number of carbonyl (C=O) groups excluding carboxylic acids is 3. The summed E-state index contributed by atoms with van der Waals surface area (Å²) in [7, 11) is 0. The van der Waals surface area contributed by atoms with Gasteiger partial charge in [0.15, 0.2) is 0 Å². The Kier molecular flexibility index (Phi) is 8.23. The van der Waals surface area contributed by atoms with E-state index in [1.165, 1.54) is 0 Å². The van der Waals surface area contributed by atoms with Gasteiger partial charge < -0.3 is 4.57 Å². The third kappa shape index (κ3) is 6.24. The maximum absolute atomic E-state index is 12.4. The summed E-state index contributed by atoms with van der Waals surface area (Å²) in [5, 5.41) is 9.83. The molecule has 0 aliphatic carbocycles. The lowest BCUT2D eigenvalue weighted by Gasteiger charge is -2.19. The molecular formula is C20H26N4O4. The summed E-state index contributed by atoms with van der Waals surface area (Å²) in [5.74, 6) is -1.51. The summed E-state index contributed by atoms with van der Waals surface area (Å²) >= 11 is 0. The number of nitrogens with zero attached hydrogens (tertiary/aromatic N) is 2. The highest BCUT2D eigenvalue weighted by atomic mass is 16.5. The SMILES string of the molecule is CCCCC[C@H](CN(O)C=O)C(=O)NNC(=O)c1ccc(-n2cccc2)cc1. The molecule has 28 heavy (non-hydrogen) atoms. The average Bonchev–Trinajstić information content (AvgIpc) is 3.26. The number of nitrogens with one attached hydrogen (secondary N) is 2. The number of hydrogen-bond donors (Lipinski definition) is 3. The molecular weight excluding hydrogens is 360 g/mol. The smallest absolute Gasteiger partial charge is 0.269 e. The van der Waals surface area contributed by atoms with Crippen LogP contribution < -0.4 is 10.9 Å². The number of hydrogen-bond acceptors (Lipinski definition) is 4. The number of hydrazine groups is 1. The molecule has 2 rings (SSSR count). The first-order valence-electron chi connectivity index (χ1n) is 9.29. The number of rotatable bonds is 10. The van der Waals surface area contributed by atoms with Crippen LogP contribution >= 0.6 is 0 Å². The number of unbranched alkanes of at least 4 members (excludes halogenated alkanes) is 2. The zero-order valence-corrected chi connectivity index (χ0v) is 15.9. The molecule has 0 radical (unpaired) electrons. The lowest BCUT2D eigenvalue weighted by atomic mass is 10.0. The van der Waals surface area contributed by atoms with Gasteiger partial charge in [-0.25, -0.2) is 5.06 Å². The summed E-state index contributed by atoms with van der Waals surface area (Å²) in [6.07, 6.45) is 7.28. The van der Waals surface area contributed by atoms with Crippen molar-refractivity contribution in [1.82, 2.24) is 20.5 Å². The number of benzene rings is 1. The van der Waals surface area contributed by atoms with Gasteiger partial charge in [0.05, 0.1) is 12.5 Å². The van der Waals surface area contributed by atoms with Crippen molar-refractivity contribution in [3.05, 3.63) is 54.4 Å². The topological polar surface area (TPSA) is 104 Å². The van der Waals surface area contributed by atoms with E-state index in [-0.39, 0.29) is 13.0 Å². The van der Waals surface area contributed by atoms with Crippen LogP contribution in [0.5, 0.6) is 0 Å². The fourth-order valence-corrected chi connectivity index (χ4v) is 2.80. The summed E-state index contributed by atoms with van der Waals surface area (Å²) in [5.41, 5.74) is 6.08. The van der Waals surface area contributed by atoms with E-state index in [4.69, 9.17) is 0 Å². The van der Waals surface area contributed by atoms with Gasteiger partial charge in [0, 0.05) is 23.6 Å². The predicted molar refractivity (Wildman–Crippen MR) is 104 cm³/mol. The standard InChI is InChI=1S/C20H26N4O4/c1-2-3-4-7-17(14-24(28)15-25)20(27)22-21-19(26)16-8-10-18(11-9-16)23-12-5-6-13-23/h5-6,8-13,15,17,28H,2-4,7,14H2,1H3,(H,21,26)(H,22,27)/t17-/m1/s1. The first kappa shape index (κ1) is 21.2. The van der Waals surface area contributed by atoms with Crippen LogP contribution in [0, 0.1) is 5.92 Å². The van der Waals surface area contributed by atoms with Crippen molar-refractivity contribution in [2.45, 2.75) is 32.6 Å². The highest BCUT2D eigenvalue weighted by molar-refractivity contribution is 5.95. The van der Waals surface area contributed by atoms with Crippen molar-refractivity contribution in [3.8, 4) is 5.69 Å². The van der Waals surface area contributed by atoms with Crippen molar-refractivity contribution in [1.29, 1.82) is 0 Å². The van der Waals surface area contributed by atoms with Gasteiger partial charge in [-0.1, -0.05) is 26.2 Å². The van der Waals surface area contributed by atoms with Gasteiger partial charge in [-0.15, -0.1) is 0 Å². The minimum Gasteiger partial charge on any atom is -0.324 e. The molecule has 3 amide bonds. The van der Waals surface area contributed by atoms with Crippen LogP contribution in [-0.2, 0) is 9.59 Å². The Balaban J connectivity index is 1.91. The van der Waals surface area contributed by atoms with Crippen LogP contribution in [0.3, 0.4) is 0 Å². The van der Waals surface area contributed by atoms with E-state index in [1.54, 1.807) is 24.3 Å². The highest BCUT2D eigenvalue weighted by Crippen LogP contribution is 2.12. The van der Waals surface area contributed by atoms with Crippen LogP contribution in [0.2, 0.25) is 0 Å².